The topological polar surface area (TPSA) is 186 Å². The fraction of sp³-hybridized carbons (Fsp3) is 0.963. The van der Waals surface area contributed by atoms with Gasteiger partial charge in [-0.05, 0) is 12.8 Å². The molecule has 0 amide bonds. The summed E-state index contributed by atoms with van der Waals surface area (Å²) < 4.78 is 54.4. The number of unbranched alkanes of at least 4 members (excludes halogenated alkanes) is 37. The largest absolute Gasteiger partial charge is 0.462 e. The molecule has 1 saturated heterocycles. The van der Waals surface area contributed by atoms with Crippen LogP contribution in [0.3, 0.4) is 0 Å². The Morgan fingerprint density at radius 1 is 0.448 bits per heavy atom. The molecule has 1 aliphatic heterocycles. The Hall–Kier alpha value is -1.35. The zero-order chi connectivity index (χ0) is 49.1. The van der Waals surface area contributed by atoms with Crippen LogP contribution in [0.4, 0.5) is 0 Å². The first kappa shape index (κ1) is 63.7. The van der Waals surface area contributed by atoms with E-state index in [9.17, 15) is 37.9 Å². The van der Waals surface area contributed by atoms with Gasteiger partial charge in [-0.2, -0.15) is 8.42 Å². The van der Waals surface area contributed by atoms with Crippen LogP contribution < -0.4 is 0 Å². The van der Waals surface area contributed by atoms with Gasteiger partial charge in [-0.15, -0.1) is 0 Å². The maximum Gasteiger partial charge on any atom is 0.306 e. The van der Waals surface area contributed by atoms with Crippen molar-refractivity contribution >= 4 is 22.1 Å². The summed E-state index contributed by atoms with van der Waals surface area (Å²) in [5, 5.41) is 31.0. The summed E-state index contributed by atoms with van der Waals surface area (Å²) in [5.74, 6) is -1.95. The van der Waals surface area contributed by atoms with Gasteiger partial charge >= 0.3 is 11.9 Å². The van der Waals surface area contributed by atoms with Crippen LogP contribution in [0.5, 0.6) is 0 Å². The van der Waals surface area contributed by atoms with Crippen molar-refractivity contribution in [3.63, 3.8) is 0 Å². The number of aliphatic hydroxyl groups excluding tert-OH is 3. The number of carbonyl (C=O) groups excluding carboxylic acids is 2. The van der Waals surface area contributed by atoms with Crippen LogP contribution in [0.2, 0.25) is 0 Å². The van der Waals surface area contributed by atoms with E-state index in [2.05, 4.69) is 13.8 Å². The molecule has 1 heterocycles. The maximum atomic E-state index is 12.9. The fourth-order valence-corrected chi connectivity index (χ4v) is 9.78. The zero-order valence-corrected chi connectivity index (χ0v) is 43.9. The molecule has 0 spiro atoms. The van der Waals surface area contributed by atoms with Crippen molar-refractivity contribution in [2.75, 3.05) is 19.0 Å². The lowest BCUT2D eigenvalue weighted by Gasteiger charge is -2.40. The van der Waals surface area contributed by atoms with Crippen LogP contribution in [0.15, 0.2) is 0 Å². The molecule has 0 aromatic rings. The van der Waals surface area contributed by atoms with Gasteiger partial charge < -0.3 is 34.3 Å². The summed E-state index contributed by atoms with van der Waals surface area (Å²) in [6, 6.07) is 0. The summed E-state index contributed by atoms with van der Waals surface area (Å²) in [7, 11) is -4.60. The minimum atomic E-state index is -4.60. The highest BCUT2D eigenvalue weighted by Crippen LogP contribution is 2.24. The average molecular weight is 977 g/mol. The van der Waals surface area contributed by atoms with Gasteiger partial charge in [-0.3, -0.25) is 14.1 Å². The summed E-state index contributed by atoms with van der Waals surface area (Å²) in [6.45, 7) is 3.83. The van der Waals surface area contributed by atoms with Gasteiger partial charge in [-0.1, -0.05) is 251 Å². The van der Waals surface area contributed by atoms with E-state index < -0.39 is 71.2 Å². The van der Waals surface area contributed by atoms with Crippen LogP contribution in [-0.4, -0.2) is 96.0 Å². The van der Waals surface area contributed by atoms with E-state index >= 15 is 0 Å². The molecule has 0 aliphatic carbocycles. The molecule has 4 N–H and O–H groups in total. The lowest BCUT2D eigenvalue weighted by Crippen LogP contribution is -2.60. The highest BCUT2D eigenvalue weighted by atomic mass is 32.2. The Balaban J connectivity index is 2.30. The number of hydrogen-bond donors (Lipinski definition) is 4. The number of esters is 2. The Morgan fingerprint density at radius 3 is 1.09 bits per heavy atom. The molecule has 6 unspecified atom stereocenters. The molecule has 0 aromatic carbocycles. The molecule has 1 rings (SSSR count). The molecule has 12 nitrogen and oxygen atoms in total. The van der Waals surface area contributed by atoms with E-state index in [0.29, 0.717) is 12.8 Å². The third-order valence-corrected chi connectivity index (χ3v) is 14.2. The molecule has 398 valence electrons. The first-order valence-corrected chi connectivity index (χ1v) is 29.7. The molecule has 0 bridgehead atoms. The first-order valence-electron chi connectivity index (χ1n) is 28.1. The van der Waals surface area contributed by atoms with Crippen LogP contribution in [0, 0.1) is 0 Å². The predicted molar refractivity (Wildman–Crippen MR) is 271 cm³/mol. The summed E-state index contributed by atoms with van der Waals surface area (Å²) in [4.78, 5) is 25.6. The van der Waals surface area contributed by atoms with Gasteiger partial charge in [0.25, 0.3) is 10.1 Å². The Labute approximate surface area is 410 Å². The van der Waals surface area contributed by atoms with Crippen molar-refractivity contribution in [1.82, 2.24) is 0 Å². The Kier molecular flexibility index (Phi) is 42.4. The van der Waals surface area contributed by atoms with Crippen molar-refractivity contribution in [3.05, 3.63) is 0 Å². The molecular weight excluding hydrogens is 873 g/mol. The number of rotatable bonds is 49. The minimum absolute atomic E-state index is 0.173. The SMILES string of the molecule is CCCCCCCCCCCCCCCCCCCCCCCCC(=O)OC(COC(=O)CCCCCCCCCCCCCCCCCCC)COC1OC(CS(=O)(=O)O)C(O)C(O)C1O. The third-order valence-electron chi connectivity index (χ3n) is 13.4. The van der Waals surface area contributed by atoms with E-state index in [1.165, 1.54) is 199 Å². The minimum Gasteiger partial charge on any atom is -0.462 e. The van der Waals surface area contributed by atoms with Crippen LogP contribution >= 0.6 is 0 Å². The molecular formula is C54H104O12S. The second-order valence-electron chi connectivity index (χ2n) is 20.0. The van der Waals surface area contributed by atoms with Crippen molar-refractivity contribution in [3.8, 4) is 0 Å². The van der Waals surface area contributed by atoms with Gasteiger partial charge in [0.2, 0.25) is 0 Å². The normalized spacial score (nSPS) is 19.2. The predicted octanol–water partition coefficient (Wildman–Crippen LogP) is 13.2. The molecule has 0 aromatic heterocycles. The van der Waals surface area contributed by atoms with E-state index in [1.807, 2.05) is 0 Å². The molecule has 67 heavy (non-hydrogen) atoms. The summed E-state index contributed by atoms with van der Waals surface area (Å²) in [5.41, 5.74) is 0. The van der Waals surface area contributed by atoms with E-state index in [-0.39, 0.29) is 19.4 Å². The molecule has 1 fully saturated rings. The highest BCUT2D eigenvalue weighted by molar-refractivity contribution is 7.85. The van der Waals surface area contributed by atoms with Crippen LogP contribution in [0.25, 0.3) is 0 Å². The Morgan fingerprint density at radius 2 is 0.761 bits per heavy atom. The second kappa shape index (κ2) is 44.6. The van der Waals surface area contributed by atoms with Crippen LogP contribution in [0.1, 0.15) is 277 Å². The lowest BCUT2D eigenvalue weighted by atomic mass is 10.00. The number of hydrogen-bond acceptors (Lipinski definition) is 11. The van der Waals surface area contributed by atoms with Gasteiger partial charge in [0, 0.05) is 12.8 Å². The van der Waals surface area contributed by atoms with E-state index in [0.717, 1.165) is 38.5 Å². The van der Waals surface area contributed by atoms with E-state index in [4.69, 9.17) is 18.9 Å². The molecule has 0 saturated carbocycles. The highest BCUT2D eigenvalue weighted by Gasteiger charge is 2.46. The van der Waals surface area contributed by atoms with Crippen molar-refractivity contribution in [2.24, 2.45) is 0 Å². The smallest absolute Gasteiger partial charge is 0.306 e. The third kappa shape index (κ3) is 39.0. The first-order chi connectivity index (χ1) is 32.5. The lowest BCUT2D eigenvalue weighted by molar-refractivity contribution is -0.297. The van der Waals surface area contributed by atoms with E-state index in [1.54, 1.807) is 0 Å². The van der Waals surface area contributed by atoms with Crippen LogP contribution in [-0.2, 0) is 38.7 Å². The van der Waals surface area contributed by atoms with Crippen molar-refractivity contribution < 1.29 is 56.8 Å². The average Bonchev–Trinajstić information content (AvgIpc) is 3.30. The quantitative estimate of drug-likeness (QED) is 0.0257. The number of ether oxygens (including phenoxy) is 4. The summed E-state index contributed by atoms with van der Waals surface area (Å²) >= 11 is 0. The van der Waals surface area contributed by atoms with Crippen molar-refractivity contribution in [1.29, 1.82) is 0 Å². The molecule has 6 atom stereocenters. The molecule has 0 radical (unpaired) electrons. The van der Waals surface area contributed by atoms with Gasteiger partial charge in [-0.25, -0.2) is 0 Å². The number of carbonyl (C=O) groups is 2. The monoisotopic (exact) mass is 977 g/mol. The molecule has 13 heteroatoms. The van der Waals surface area contributed by atoms with Gasteiger partial charge in [0.1, 0.15) is 36.8 Å². The maximum absolute atomic E-state index is 12.9. The second-order valence-corrected chi connectivity index (χ2v) is 21.5. The fourth-order valence-electron chi connectivity index (χ4n) is 9.09. The zero-order valence-electron chi connectivity index (χ0n) is 43.0. The standard InChI is InChI=1S/C54H104O12S/c1-3-5-7-9-11-13-15-17-19-21-22-23-24-25-27-29-31-33-35-37-39-41-43-50(56)65-47(45-64-54-53(59)52(58)51(57)48(66-54)46-67(60,61)62)44-63-49(55)42-40-38-36-34-32-30-28-26-20-18-16-14-12-10-8-6-4-2/h47-48,51-54,57-59H,3-46H2,1-2H3,(H,60,61,62). The number of aliphatic hydroxyl groups is 3. The summed E-state index contributed by atoms with van der Waals surface area (Å²) in [6.07, 6.45) is 40.0. The van der Waals surface area contributed by atoms with Gasteiger partial charge in [0.05, 0.1) is 6.61 Å². The Bertz CT molecular complexity index is 1230. The molecule has 1 aliphatic rings. The van der Waals surface area contributed by atoms with Crippen molar-refractivity contribution in [2.45, 2.75) is 314 Å². The van der Waals surface area contributed by atoms with Gasteiger partial charge in [0.15, 0.2) is 12.4 Å².